The van der Waals surface area contributed by atoms with E-state index < -0.39 is 0 Å². The van der Waals surface area contributed by atoms with Crippen LogP contribution in [-0.4, -0.2) is 24.0 Å². The SMILES string of the molecule is CC(C)CCNC(=O)c1ccc(NCCc2ccc(F)cc2)cn1. The molecule has 2 N–H and O–H groups in total. The van der Waals surface area contributed by atoms with Gasteiger partial charge in [0, 0.05) is 13.1 Å². The second-order valence-electron chi connectivity index (χ2n) is 6.17. The second-order valence-corrected chi connectivity index (χ2v) is 6.17. The van der Waals surface area contributed by atoms with Crippen LogP contribution in [-0.2, 0) is 6.42 Å². The number of nitrogens with one attached hydrogen (secondary N) is 2. The predicted octanol–water partition coefficient (Wildman–Crippen LogP) is 3.65. The van der Waals surface area contributed by atoms with Gasteiger partial charge in [-0.2, -0.15) is 0 Å². The predicted molar refractivity (Wildman–Crippen MR) is 94.6 cm³/mol. The number of anilines is 1. The lowest BCUT2D eigenvalue weighted by Crippen LogP contribution is -2.26. The second kappa shape index (κ2) is 9.01. The molecule has 0 bridgehead atoms. The molecule has 0 fully saturated rings. The minimum absolute atomic E-state index is 0.145. The van der Waals surface area contributed by atoms with Gasteiger partial charge in [0.25, 0.3) is 5.91 Å². The van der Waals surface area contributed by atoms with Crippen LogP contribution in [0.25, 0.3) is 0 Å². The van der Waals surface area contributed by atoms with Crippen molar-refractivity contribution < 1.29 is 9.18 Å². The molecule has 0 unspecified atom stereocenters. The van der Waals surface area contributed by atoms with Crippen molar-refractivity contribution in [2.75, 3.05) is 18.4 Å². The van der Waals surface area contributed by atoms with Crippen molar-refractivity contribution in [3.05, 3.63) is 59.7 Å². The van der Waals surface area contributed by atoms with E-state index in [0.29, 0.717) is 24.7 Å². The van der Waals surface area contributed by atoms with Gasteiger partial charge in [-0.05, 0) is 48.6 Å². The third-order valence-electron chi connectivity index (χ3n) is 3.66. The van der Waals surface area contributed by atoms with Gasteiger partial charge in [-0.25, -0.2) is 9.37 Å². The molecule has 1 aromatic carbocycles. The monoisotopic (exact) mass is 329 g/mol. The summed E-state index contributed by atoms with van der Waals surface area (Å²) in [6.07, 6.45) is 3.40. The first kappa shape index (κ1) is 17.9. The molecular weight excluding hydrogens is 305 g/mol. The minimum Gasteiger partial charge on any atom is -0.383 e. The normalized spacial score (nSPS) is 10.7. The summed E-state index contributed by atoms with van der Waals surface area (Å²) >= 11 is 0. The molecule has 1 amide bonds. The Kier molecular flexibility index (Phi) is 6.73. The Labute approximate surface area is 142 Å². The number of rotatable bonds is 8. The van der Waals surface area contributed by atoms with Gasteiger partial charge >= 0.3 is 0 Å². The molecule has 0 saturated heterocycles. The van der Waals surface area contributed by atoms with Crippen LogP contribution >= 0.6 is 0 Å². The molecule has 0 aliphatic rings. The van der Waals surface area contributed by atoms with Crippen LogP contribution in [0.3, 0.4) is 0 Å². The van der Waals surface area contributed by atoms with E-state index in [2.05, 4.69) is 29.5 Å². The topological polar surface area (TPSA) is 54.0 Å². The largest absolute Gasteiger partial charge is 0.383 e. The van der Waals surface area contributed by atoms with E-state index in [9.17, 15) is 9.18 Å². The fraction of sp³-hybridized carbons (Fsp3) is 0.368. The van der Waals surface area contributed by atoms with Crippen LogP contribution in [0.2, 0.25) is 0 Å². The number of carbonyl (C=O) groups is 1. The Hall–Kier alpha value is -2.43. The van der Waals surface area contributed by atoms with Crippen molar-refractivity contribution in [3.63, 3.8) is 0 Å². The Bertz CT molecular complexity index is 639. The number of amides is 1. The maximum Gasteiger partial charge on any atom is 0.269 e. The van der Waals surface area contributed by atoms with E-state index in [0.717, 1.165) is 24.1 Å². The third kappa shape index (κ3) is 5.99. The van der Waals surface area contributed by atoms with Gasteiger partial charge in [-0.15, -0.1) is 0 Å². The highest BCUT2D eigenvalue weighted by Crippen LogP contribution is 2.08. The zero-order valence-electron chi connectivity index (χ0n) is 14.2. The molecule has 1 aromatic heterocycles. The maximum absolute atomic E-state index is 12.8. The molecule has 24 heavy (non-hydrogen) atoms. The first-order valence-corrected chi connectivity index (χ1v) is 8.27. The fourth-order valence-corrected chi connectivity index (χ4v) is 2.20. The van der Waals surface area contributed by atoms with Gasteiger partial charge in [0.05, 0.1) is 11.9 Å². The van der Waals surface area contributed by atoms with Gasteiger partial charge in [0.1, 0.15) is 11.5 Å². The average Bonchev–Trinajstić information content (AvgIpc) is 2.57. The number of pyridine rings is 1. The molecule has 5 heteroatoms. The van der Waals surface area contributed by atoms with E-state index in [-0.39, 0.29) is 11.7 Å². The van der Waals surface area contributed by atoms with E-state index in [1.807, 2.05) is 6.07 Å². The number of nitrogens with zero attached hydrogens (tertiary/aromatic N) is 1. The first-order chi connectivity index (χ1) is 11.5. The molecule has 2 rings (SSSR count). The highest BCUT2D eigenvalue weighted by atomic mass is 19.1. The van der Waals surface area contributed by atoms with Gasteiger partial charge in [0.2, 0.25) is 0 Å². The lowest BCUT2D eigenvalue weighted by atomic mass is 10.1. The van der Waals surface area contributed by atoms with E-state index >= 15 is 0 Å². The highest BCUT2D eigenvalue weighted by molar-refractivity contribution is 5.92. The zero-order valence-corrected chi connectivity index (χ0v) is 14.2. The number of hydrogen-bond acceptors (Lipinski definition) is 3. The Morgan fingerprint density at radius 1 is 1.12 bits per heavy atom. The number of aromatic nitrogens is 1. The molecule has 0 atom stereocenters. The molecule has 0 aliphatic carbocycles. The van der Waals surface area contributed by atoms with E-state index in [1.165, 1.54) is 12.1 Å². The molecule has 128 valence electrons. The van der Waals surface area contributed by atoms with E-state index in [1.54, 1.807) is 24.4 Å². The van der Waals surface area contributed by atoms with Gasteiger partial charge in [0.15, 0.2) is 0 Å². The van der Waals surface area contributed by atoms with E-state index in [4.69, 9.17) is 0 Å². The average molecular weight is 329 g/mol. The van der Waals surface area contributed by atoms with Crippen LogP contribution in [0.5, 0.6) is 0 Å². The Balaban J connectivity index is 1.77. The van der Waals surface area contributed by atoms with Crippen LogP contribution in [0.4, 0.5) is 10.1 Å². The van der Waals surface area contributed by atoms with Crippen LogP contribution in [0.1, 0.15) is 36.3 Å². The third-order valence-corrected chi connectivity index (χ3v) is 3.66. The highest BCUT2D eigenvalue weighted by Gasteiger charge is 2.06. The van der Waals surface area contributed by atoms with Crippen LogP contribution in [0.15, 0.2) is 42.6 Å². The maximum atomic E-state index is 12.8. The van der Waals surface area contributed by atoms with Crippen LogP contribution < -0.4 is 10.6 Å². The van der Waals surface area contributed by atoms with Crippen molar-refractivity contribution in [1.82, 2.24) is 10.3 Å². The number of benzene rings is 1. The van der Waals surface area contributed by atoms with Crippen molar-refractivity contribution >= 4 is 11.6 Å². The molecular formula is C19H24FN3O. The summed E-state index contributed by atoms with van der Waals surface area (Å²) in [4.78, 5) is 16.1. The smallest absolute Gasteiger partial charge is 0.269 e. The molecule has 0 radical (unpaired) electrons. The number of carbonyl (C=O) groups excluding carboxylic acids is 1. The van der Waals surface area contributed by atoms with Crippen molar-refractivity contribution in [3.8, 4) is 0 Å². The van der Waals surface area contributed by atoms with Crippen molar-refractivity contribution in [2.45, 2.75) is 26.7 Å². The summed E-state index contributed by atoms with van der Waals surface area (Å²) in [6, 6.07) is 10.0. The van der Waals surface area contributed by atoms with Gasteiger partial charge < -0.3 is 10.6 Å². The summed E-state index contributed by atoms with van der Waals surface area (Å²) in [5, 5.41) is 6.11. The Morgan fingerprint density at radius 3 is 2.50 bits per heavy atom. The number of halogens is 1. The summed E-state index contributed by atoms with van der Waals surface area (Å²) in [5.74, 6) is 0.192. The van der Waals surface area contributed by atoms with Crippen molar-refractivity contribution in [1.29, 1.82) is 0 Å². The standard InChI is InChI=1S/C19H24FN3O/c1-14(2)9-11-22-19(24)18-8-7-17(13-23-18)21-12-10-15-3-5-16(20)6-4-15/h3-8,13-14,21H,9-12H2,1-2H3,(H,22,24). The van der Waals surface area contributed by atoms with Gasteiger partial charge in [-0.3, -0.25) is 4.79 Å². The fourth-order valence-electron chi connectivity index (χ4n) is 2.20. The summed E-state index contributed by atoms with van der Waals surface area (Å²) < 4.78 is 12.8. The Morgan fingerprint density at radius 2 is 1.88 bits per heavy atom. The lowest BCUT2D eigenvalue weighted by molar-refractivity contribution is 0.0947. The van der Waals surface area contributed by atoms with Gasteiger partial charge in [-0.1, -0.05) is 26.0 Å². The molecule has 4 nitrogen and oxygen atoms in total. The molecule has 0 aliphatic heterocycles. The summed E-state index contributed by atoms with van der Waals surface area (Å²) in [6.45, 7) is 5.62. The van der Waals surface area contributed by atoms with Crippen molar-refractivity contribution in [2.24, 2.45) is 5.92 Å². The molecule has 2 aromatic rings. The minimum atomic E-state index is -0.224. The van der Waals surface area contributed by atoms with Crippen LogP contribution in [0, 0.1) is 11.7 Å². The summed E-state index contributed by atoms with van der Waals surface area (Å²) in [7, 11) is 0. The first-order valence-electron chi connectivity index (χ1n) is 8.27. The molecule has 0 spiro atoms. The quantitative estimate of drug-likeness (QED) is 0.777. The lowest BCUT2D eigenvalue weighted by Gasteiger charge is -2.08. The zero-order chi connectivity index (χ0) is 17.4. The molecule has 0 saturated carbocycles. The number of hydrogen-bond donors (Lipinski definition) is 2. The molecule has 1 heterocycles. The summed E-state index contributed by atoms with van der Waals surface area (Å²) in [5.41, 5.74) is 2.34.